The summed E-state index contributed by atoms with van der Waals surface area (Å²) in [6, 6.07) is 0. The van der Waals surface area contributed by atoms with Crippen LogP contribution in [0.2, 0.25) is 0 Å². The van der Waals surface area contributed by atoms with Crippen molar-refractivity contribution >= 4 is 17.9 Å². The van der Waals surface area contributed by atoms with Gasteiger partial charge in [0.2, 0.25) is 0 Å². The van der Waals surface area contributed by atoms with Crippen molar-refractivity contribution in [1.82, 2.24) is 0 Å². The Bertz CT molecular complexity index is 1960. The first-order valence-electron chi connectivity index (χ1n) is 39.2. The molecule has 0 aliphatic rings. The lowest BCUT2D eigenvalue weighted by molar-refractivity contribution is -0.870. The van der Waals surface area contributed by atoms with E-state index < -0.39 is 24.3 Å². The fourth-order valence-electron chi connectivity index (χ4n) is 11.0. The summed E-state index contributed by atoms with van der Waals surface area (Å²) in [5.74, 6) is -2.03. The number of unbranched alkanes of at least 4 members (excludes halogenated alkanes) is 37. The highest BCUT2D eigenvalue weighted by atomic mass is 16.7. The molecular formula is C85H148NO8+. The van der Waals surface area contributed by atoms with Gasteiger partial charge in [0.25, 0.3) is 6.29 Å². The minimum Gasteiger partial charge on any atom is -0.477 e. The molecule has 0 rings (SSSR count). The van der Waals surface area contributed by atoms with Gasteiger partial charge < -0.3 is 28.5 Å². The molecule has 9 heteroatoms. The van der Waals surface area contributed by atoms with Crippen molar-refractivity contribution in [1.29, 1.82) is 0 Å². The van der Waals surface area contributed by atoms with E-state index in [0.29, 0.717) is 23.9 Å². The number of likely N-dealkylation sites (N-methyl/N-ethyl adjacent to an activating group) is 1. The molecule has 0 saturated heterocycles. The highest BCUT2D eigenvalue weighted by molar-refractivity contribution is 5.71. The van der Waals surface area contributed by atoms with Gasteiger partial charge in [-0.2, -0.15) is 0 Å². The van der Waals surface area contributed by atoms with Gasteiger partial charge in [0, 0.05) is 12.8 Å². The second-order valence-electron chi connectivity index (χ2n) is 27.3. The van der Waals surface area contributed by atoms with Gasteiger partial charge in [-0.05, 0) is 89.9 Å². The number of carbonyl (C=O) groups is 3. The van der Waals surface area contributed by atoms with Crippen LogP contribution in [0.3, 0.4) is 0 Å². The number of hydrogen-bond donors (Lipinski definition) is 1. The van der Waals surface area contributed by atoms with E-state index in [9.17, 15) is 19.5 Å². The molecule has 0 radical (unpaired) electrons. The molecule has 1 N–H and O–H groups in total. The van der Waals surface area contributed by atoms with Gasteiger partial charge in [0.15, 0.2) is 6.10 Å². The molecule has 0 aliphatic carbocycles. The van der Waals surface area contributed by atoms with Crippen molar-refractivity contribution in [2.45, 2.75) is 354 Å². The maximum absolute atomic E-state index is 13.0. The number of quaternary nitrogens is 1. The zero-order valence-electron chi connectivity index (χ0n) is 61.8. The number of allylic oxidation sites excluding steroid dienone is 20. The first-order chi connectivity index (χ1) is 46.1. The summed E-state index contributed by atoms with van der Waals surface area (Å²) in [5.41, 5.74) is 0. The van der Waals surface area contributed by atoms with Crippen LogP contribution in [-0.2, 0) is 33.3 Å². The molecule has 0 aliphatic heterocycles. The van der Waals surface area contributed by atoms with Crippen LogP contribution >= 0.6 is 0 Å². The van der Waals surface area contributed by atoms with Crippen LogP contribution in [0.4, 0.5) is 0 Å². The first kappa shape index (κ1) is 89.7. The van der Waals surface area contributed by atoms with E-state index in [-0.39, 0.29) is 32.2 Å². The predicted octanol–water partition coefficient (Wildman–Crippen LogP) is 25.1. The summed E-state index contributed by atoms with van der Waals surface area (Å²) in [4.78, 5) is 37.7. The van der Waals surface area contributed by atoms with Crippen LogP contribution in [0.15, 0.2) is 122 Å². The number of nitrogens with zero attached hydrogens (tertiary/aromatic N) is 1. The topological polar surface area (TPSA) is 108 Å². The molecule has 2 unspecified atom stereocenters. The van der Waals surface area contributed by atoms with E-state index in [2.05, 4.69) is 135 Å². The van der Waals surface area contributed by atoms with Crippen LogP contribution in [0.5, 0.6) is 0 Å². The average Bonchev–Trinajstić information content (AvgIpc) is 3.76. The Labute approximate surface area is 580 Å². The molecule has 2 atom stereocenters. The lowest BCUT2D eigenvalue weighted by Crippen LogP contribution is -2.40. The number of ether oxygens (including phenoxy) is 4. The van der Waals surface area contributed by atoms with Crippen molar-refractivity contribution < 1.29 is 42.9 Å². The van der Waals surface area contributed by atoms with E-state index in [0.717, 1.165) is 109 Å². The second kappa shape index (κ2) is 74.5. The molecule has 540 valence electrons. The number of hydrogen-bond acceptors (Lipinski definition) is 7. The summed E-state index contributed by atoms with van der Waals surface area (Å²) in [6.45, 7) is 4.77. The van der Waals surface area contributed by atoms with Crippen LogP contribution in [0, 0.1) is 0 Å². The Morgan fingerprint density at radius 3 is 0.904 bits per heavy atom. The molecule has 94 heavy (non-hydrogen) atoms. The van der Waals surface area contributed by atoms with E-state index >= 15 is 0 Å². The molecule has 9 nitrogen and oxygen atoms in total. The third kappa shape index (κ3) is 75.1. The molecule has 0 aromatic heterocycles. The number of carboxylic acid groups (broad SMARTS) is 1. The monoisotopic (exact) mass is 1310 g/mol. The standard InChI is InChI=1S/C85H147NO8/c1-6-8-10-12-14-16-18-20-22-24-26-28-30-32-34-36-38-40-42-44-46-48-50-52-54-56-58-60-62-64-66-68-70-72-74-76-83(88)94-81(80-93-85(84(89)90)91-78-77-86(3,4)5)79-92-82(87)75-73-71-69-67-65-63-61-59-57-55-53-51-49-47-45-43-41-39-37-35-33-31-29-27-25-23-21-19-17-15-13-11-9-7-2/h8,10,14,16,20,22,26,28,32,34,38,40,44,46,50,52,56,58,62,64,81,85H,6-7,9,11-13,15,17-19,21,23-25,27,29-31,33,35-37,39,41-43,45,47-49,51,53-55,57,59-61,63,65-80H2,1-5H3/p+1/b10-8-,16-14-,22-20-,28-26-,34-32-,40-38-,46-44-,52-50-,58-56-,64-62-. The van der Waals surface area contributed by atoms with Crippen molar-refractivity contribution in [3.05, 3.63) is 122 Å². The van der Waals surface area contributed by atoms with Crippen molar-refractivity contribution in [2.75, 3.05) is 47.5 Å². The highest BCUT2D eigenvalue weighted by Gasteiger charge is 2.25. The molecule has 0 fully saturated rings. The Morgan fingerprint density at radius 2 is 0.606 bits per heavy atom. The lowest BCUT2D eigenvalue weighted by Gasteiger charge is -2.25. The normalized spacial score (nSPS) is 13.3. The largest absolute Gasteiger partial charge is 0.477 e. The molecule has 0 amide bonds. The summed E-state index contributed by atoms with van der Waals surface area (Å²) >= 11 is 0. The number of carboxylic acids is 1. The minimum atomic E-state index is -1.53. The quantitative estimate of drug-likeness (QED) is 0.0211. The summed E-state index contributed by atoms with van der Waals surface area (Å²) in [7, 11) is 5.97. The van der Waals surface area contributed by atoms with Gasteiger partial charge in [-0.1, -0.05) is 360 Å². The Kier molecular flexibility index (Phi) is 71.1. The third-order valence-electron chi connectivity index (χ3n) is 17.0. The van der Waals surface area contributed by atoms with Crippen LogP contribution in [0.25, 0.3) is 0 Å². The minimum absolute atomic E-state index is 0.178. The highest BCUT2D eigenvalue weighted by Crippen LogP contribution is 2.19. The first-order valence-corrected chi connectivity index (χ1v) is 39.2. The Hall–Kier alpha value is -4.31. The summed E-state index contributed by atoms with van der Waals surface area (Å²) in [5, 5.41) is 9.77. The van der Waals surface area contributed by atoms with Crippen LogP contribution in [-0.4, -0.2) is 87.4 Å². The molecule has 0 bridgehead atoms. The number of rotatable bonds is 72. The van der Waals surface area contributed by atoms with Crippen molar-refractivity contribution in [3.63, 3.8) is 0 Å². The zero-order chi connectivity index (χ0) is 68.2. The fourth-order valence-corrected chi connectivity index (χ4v) is 11.0. The Morgan fingerprint density at radius 1 is 0.330 bits per heavy atom. The summed E-state index contributed by atoms with van der Waals surface area (Å²) in [6.07, 6.45) is 104. The second-order valence-corrected chi connectivity index (χ2v) is 27.3. The molecule has 0 spiro atoms. The fraction of sp³-hybridized carbons (Fsp3) is 0.729. The number of carbonyl (C=O) groups excluding carboxylic acids is 2. The van der Waals surface area contributed by atoms with E-state index in [1.54, 1.807) is 0 Å². The Balaban J connectivity index is 4.12. The van der Waals surface area contributed by atoms with E-state index in [1.165, 1.54) is 199 Å². The number of aliphatic carboxylic acids is 1. The van der Waals surface area contributed by atoms with E-state index in [4.69, 9.17) is 18.9 Å². The smallest absolute Gasteiger partial charge is 0.361 e. The van der Waals surface area contributed by atoms with Crippen LogP contribution < -0.4 is 0 Å². The molecule has 0 saturated carbocycles. The number of esters is 2. The van der Waals surface area contributed by atoms with Gasteiger partial charge >= 0.3 is 17.9 Å². The van der Waals surface area contributed by atoms with Gasteiger partial charge in [-0.25, -0.2) is 4.79 Å². The molecular weight excluding hydrogens is 1160 g/mol. The zero-order valence-corrected chi connectivity index (χ0v) is 61.8. The molecule has 0 heterocycles. The van der Waals surface area contributed by atoms with Crippen molar-refractivity contribution in [3.8, 4) is 0 Å². The van der Waals surface area contributed by atoms with Crippen LogP contribution in [0.1, 0.15) is 341 Å². The predicted molar refractivity (Wildman–Crippen MR) is 405 cm³/mol. The van der Waals surface area contributed by atoms with Gasteiger partial charge in [0.05, 0.1) is 34.4 Å². The SMILES string of the molecule is CC/C=C\C/C=C\C/C=C\C/C=C\C/C=C\C/C=C\C/C=C\C/C=C\C/C=C\C/C=C\CCCCCCC(=O)OC(COC(=O)CCCCCCCCCCCCCCCCCCCCCCCCCCCCCCCCCCCC)COC(OCC[N+](C)(C)C)C(=O)O. The van der Waals surface area contributed by atoms with Crippen molar-refractivity contribution in [2.24, 2.45) is 0 Å². The van der Waals surface area contributed by atoms with Gasteiger partial charge in [0.1, 0.15) is 13.2 Å². The van der Waals surface area contributed by atoms with Gasteiger partial charge in [-0.15, -0.1) is 0 Å². The molecule has 0 aromatic carbocycles. The maximum Gasteiger partial charge on any atom is 0.361 e. The third-order valence-corrected chi connectivity index (χ3v) is 17.0. The average molecular weight is 1310 g/mol. The van der Waals surface area contributed by atoms with Gasteiger partial charge in [-0.3, -0.25) is 9.59 Å². The maximum atomic E-state index is 13.0. The molecule has 0 aromatic rings. The van der Waals surface area contributed by atoms with E-state index in [1.807, 2.05) is 21.1 Å². The summed E-state index contributed by atoms with van der Waals surface area (Å²) < 4.78 is 23.0. The lowest BCUT2D eigenvalue weighted by atomic mass is 10.0.